The van der Waals surface area contributed by atoms with Crippen molar-refractivity contribution in [3.8, 4) is 0 Å². The number of hydrogen-bond donors (Lipinski definition) is 0. The van der Waals surface area contributed by atoms with Crippen LogP contribution in [0.1, 0.15) is 52.9 Å². The molecule has 0 spiro atoms. The summed E-state index contributed by atoms with van der Waals surface area (Å²) >= 11 is 0. The SMILES string of the molecule is CC(C)(C)N1C2CCC[C@H]1CC2. The predicted molar refractivity (Wildman–Crippen MR) is 52.3 cm³/mol. The monoisotopic (exact) mass is 167 g/mol. The van der Waals surface area contributed by atoms with Crippen LogP contribution in [0.25, 0.3) is 0 Å². The Hall–Kier alpha value is -0.0400. The van der Waals surface area contributed by atoms with Crippen molar-refractivity contribution >= 4 is 0 Å². The molecule has 12 heavy (non-hydrogen) atoms. The first kappa shape index (κ1) is 8.55. The van der Waals surface area contributed by atoms with E-state index in [-0.39, 0.29) is 0 Å². The van der Waals surface area contributed by atoms with Crippen molar-refractivity contribution in [1.29, 1.82) is 0 Å². The molecular formula is C11H21N. The van der Waals surface area contributed by atoms with Gasteiger partial charge in [-0.3, -0.25) is 4.90 Å². The highest BCUT2D eigenvalue weighted by atomic mass is 15.3. The summed E-state index contributed by atoms with van der Waals surface area (Å²) in [6, 6.07) is 1.84. The summed E-state index contributed by atoms with van der Waals surface area (Å²) in [5.41, 5.74) is 0.409. The molecule has 2 atom stereocenters. The van der Waals surface area contributed by atoms with Gasteiger partial charge in [0.2, 0.25) is 0 Å². The fraction of sp³-hybridized carbons (Fsp3) is 1.00. The van der Waals surface area contributed by atoms with Crippen LogP contribution in [0.15, 0.2) is 0 Å². The van der Waals surface area contributed by atoms with Crippen LogP contribution in [0, 0.1) is 0 Å². The van der Waals surface area contributed by atoms with Gasteiger partial charge >= 0.3 is 0 Å². The summed E-state index contributed by atoms with van der Waals surface area (Å²) in [5, 5.41) is 0. The molecule has 0 aromatic rings. The van der Waals surface area contributed by atoms with Crippen molar-refractivity contribution in [2.24, 2.45) is 0 Å². The van der Waals surface area contributed by atoms with Gasteiger partial charge in [-0.2, -0.15) is 0 Å². The summed E-state index contributed by atoms with van der Waals surface area (Å²) in [5.74, 6) is 0. The van der Waals surface area contributed by atoms with E-state index in [1.54, 1.807) is 0 Å². The van der Waals surface area contributed by atoms with Crippen molar-refractivity contribution in [3.63, 3.8) is 0 Å². The topological polar surface area (TPSA) is 3.24 Å². The Kier molecular flexibility index (Phi) is 1.95. The summed E-state index contributed by atoms with van der Waals surface area (Å²) in [6.07, 6.45) is 7.30. The number of hydrogen-bond acceptors (Lipinski definition) is 1. The summed E-state index contributed by atoms with van der Waals surface area (Å²) in [4.78, 5) is 2.77. The molecule has 2 aliphatic rings. The van der Waals surface area contributed by atoms with Gasteiger partial charge < -0.3 is 0 Å². The minimum Gasteiger partial charge on any atom is -0.293 e. The van der Waals surface area contributed by atoms with Gasteiger partial charge in [0.15, 0.2) is 0 Å². The lowest BCUT2D eigenvalue weighted by Gasteiger charge is -2.44. The lowest BCUT2D eigenvalue weighted by molar-refractivity contribution is 0.0441. The molecule has 0 radical (unpaired) electrons. The van der Waals surface area contributed by atoms with Crippen LogP contribution < -0.4 is 0 Å². The van der Waals surface area contributed by atoms with Crippen LogP contribution in [-0.4, -0.2) is 22.5 Å². The van der Waals surface area contributed by atoms with Gasteiger partial charge in [-0.1, -0.05) is 6.42 Å². The third-order valence-corrected chi connectivity index (χ3v) is 3.47. The number of nitrogens with zero attached hydrogens (tertiary/aromatic N) is 1. The Labute approximate surface area is 76.1 Å². The first-order valence-corrected chi connectivity index (χ1v) is 5.37. The molecule has 0 saturated carbocycles. The highest BCUT2D eigenvalue weighted by Crippen LogP contribution is 2.39. The maximum atomic E-state index is 2.77. The highest BCUT2D eigenvalue weighted by molar-refractivity contribution is 4.97. The molecule has 0 N–H and O–H groups in total. The van der Waals surface area contributed by atoms with E-state index in [0.29, 0.717) is 5.54 Å². The maximum absolute atomic E-state index is 2.77. The van der Waals surface area contributed by atoms with Crippen molar-refractivity contribution in [3.05, 3.63) is 0 Å². The van der Waals surface area contributed by atoms with E-state index in [1.165, 1.54) is 32.1 Å². The molecule has 0 aromatic carbocycles. The van der Waals surface area contributed by atoms with E-state index in [9.17, 15) is 0 Å². The van der Waals surface area contributed by atoms with E-state index in [2.05, 4.69) is 25.7 Å². The summed E-state index contributed by atoms with van der Waals surface area (Å²) in [6.45, 7) is 7.09. The lowest BCUT2D eigenvalue weighted by atomic mass is 9.95. The summed E-state index contributed by atoms with van der Waals surface area (Å²) in [7, 11) is 0. The molecule has 2 aliphatic heterocycles. The first-order chi connectivity index (χ1) is 5.59. The average Bonchev–Trinajstić information content (AvgIpc) is 2.23. The Morgan fingerprint density at radius 1 is 0.917 bits per heavy atom. The predicted octanol–water partition coefficient (Wildman–Crippen LogP) is 2.80. The smallest absolute Gasteiger partial charge is 0.0130 e. The molecule has 2 rings (SSSR count). The first-order valence-electron chi connectivity index (χ1n) is 5.37. The number of rotatable bonds is 0. The molecule has 0 amide bonds. The molecule has 1 nitrogen and oxygen atoms in total. The van der Waals surface area contributed by atoms with E-state index < -0.39 is 0 Å². The Morgan fingerprint density at radius 3 is 1.75 bits per heavy atom. The van der Waals surface area contributed by atoms with Gasteiger partial charge in [-0.15, -0.1) is 0 Å². The van der Waals surface area contributed by atoms with Crippen molar-refractivity contribution in [1.82, 2.24) is 4.90 Å². The van der Waals surface area contributed by atoms with Gasteiger partial charge in [-0.05, 0) is 46.5 Å². The minimum atomic E-state index is 0.409. The normalized spacial score (nSPS) is 37.2. The largest absolute Gasteiger partial charge is 0.293 e. The molecule has 0 aliphatic carbocycles. The molecule has 2 saturated heterocycles. The molecule has 2 heterocycles. The highest BCUT2D eigenvalue weighted by Gasteiger charge is 2.41. The van der Waals surface area contributed by atoms with Crippen LogP contribution in [0.3, 0.4) is 0 Å². The summed E-state index contributed by atoms with van der Waals surface area (Å²) < 4.78 is 0. The average molecular weight is 167 g/mol. The Bertz CT molecular complexity index is 152. The molecule has 1 unspecified atom stereocenters. The molecule has 2 bridgehead atoms. The molecule has 2 fully saturated rings. The van der Waals surface area contributed by atoms with E-state index >= 15 is 0 Å². The van der Waals surface area contributed by atoms with Crippen LogP contribution in [0.4, 0.5) is 0 Å². The molecule has 1 heteroatoms. The van der Waals surface area contributed by atoms with E-state index in [0.717, 1.165) is 12.1 Å². The maximum Gasteiger partial charge on any atom is 0.0130 e. The van der Waals surface area contributed by atoms with Crippen LogP contribution >= 0.6 is 0 Å². The minimum absolute atomic E-state index is 0.409. The third kappa shape index (κ3) is 1.28. The van der Waals surface area contributed by atoms with Gasteiger partial charge in [0.1, 0.15) is 0 Å². The second kappa shape index (κ2) is 2.73. The molecular weight excluding hydrogens is 146 g/mol. The van der Waals surface area contributed by atoms with E-state index in [4.69, 9.17) is 0 Å². The standard InChI is InChI=1S/C11H21N/c1-11(2,3)12-9-5-4-6-10(12)8-7-9/h9-10H,4-8H2,1-3H3/t9-,10?/m0/s1. The quantitative estimate of drug-likeness (QED) is 0.536. The van der Waals surface area contributed by atoms with Crippen molar-refractivity contribution in [2.75, 3.05) is 0 Å². The molecule has 70 valence electrons. The number of piperidine rings is 1. The van der Waals surface area contributed by atoms with Gasteiger partial charge in [0, 0.05) is 17.6 Å². The van der Waals surface area contributed by atoms with Crippen LogP contribution in [-0.2, 0) is 0 Å². The van der Waals surface area contributed by atoms with Crippen LogP contribution in [0.5, 0.6) is 0 Å². The van der Waals surface area contributed by atoms with Gasteiger partial charge in [-0.25, -0.2) is 0 Å². The second-order valence-corrected chi connectivity index (χ2v) is 5.39. The molecule has 0 aromatic heterocycles. The number of fused-ring (bicyclic) bond motifs is 2. The zero-order valence-electron chi connectivity index (χ0n) is 8.64. The van der Waals surface area contributed by atoms with Gasteiger partial charge in [0.25, 0.3) is 0 Å². The Morgan fingerprint density at radius 2 is 1.42 bits per heavy atom. The third-order valence-electron chi connectivity index (χ3n) is 3.47. The van der Waals surface area contributed by atoms with Crippen LogP contribution in [0.2, 0.25) is 0 Å². The zero-order chi connectivity index (χ0) is 8.77. The fourth-order valence-corrected chi connectivity index (χ4v) is 3.21. The second-order valence-electron chi connectivity index (χ2n) is 5.39. The Balaban J connectivity index is 2.15. The lowest BCUT2D eigenvalue weighted by Crippen LogP contribution is -2.51. The van der Waals surface area contributed by atoms with E-state index in [1.807, 2.05) is 0 Å². The zero-order valence-corrected chi connectivity index (χ0v) is 8.64. The van der Waals surface area contributed by atoms with Crippen molar-refractivity contribution in [2.45, 2.75) is 70.5 Å². The van der Waals surface area contributed by atoms with Gasteiger partial charge in [0.05, 0.1) is 0 Å². The fourth-order valence-electron chi connectivity index (χ4n) is 3.21. The van der Waals surface area contributed by atoms with Crippen molar-refractivity contribution < 1.29 is 0 Å².